The lowest BCUT2D eigenvalue weighted by atomic mass is 10.0. The van der Waals surface area contributed by atoms with Gasteiger partial charge in [-0.05, 0) is 20.8 Å². The molecule has 2 N–H and O–H groups in total. The number of hydroxylamine groups is 1. The first kappa shape index (κ1) is 23.9. The molecule has 0 aromatic heterocycles. The third kappa shape index (κ3) is 6.79. The van der Waals surface area contributed by atoms with Crippen LogP contribution in [0.1, 0.15) is 34.6 Å². The summed E-state index contributed by atoms with van der Waals surface area (Å²) < 4.78 is 0. The molecule has 0 aromatic rings. The number of rotatable bonds is 8. The van der Waals surface area contributed by atoms with Crippen LogP contribution in [-0.2, 0) is 14.4 Å². The van der Waals surface area contributed by atoms with Gasteiger partial charge in [0.15, 0.2) is 0 Å². The fourth-order valence-corrected chi connectivity index (χ4v) is 3.03. The Morgan fingerprint density at radius 3 is 2.21 bits per heavy atom. The van der Waals surface area contributed by atoms with Crippen LogP contribution in [0, 0.1) is 5.92 Å². The van der Waals surface area contributed by atoms with E-state index in [0.717, 1.165) is 0 Å². The maximum absolute atomic E-state index is 12.7. The van der Waals surface area contributed by atoms with Gasteiger partial charge in [-0.15, -0.1) is 6.58 Å². The molecule has 0 spiro atoms. The molecule has 9 heteroatoms. The molecule has 9 nitrogen and oxygen atoms in total. The second kappa shape index (κ2) is 10.4. The number of piperazine rings is 1. The van der Waals surface area contributed by atoms with Gasteiger partial charge >= 0.3 is 6.09 Å². The topological polar surface area (TPSA) is 102 Å². The number of hydrogen-bond acceptors (Lipinski definition) is 5. The predicted molar refractivity (Wildman–Crippen MR) is 106 cm³/mol. The minimum Gasteiger partial charge on any atom is -0.465 e. The fraction of sp³-hybridized carbons (Fsp3) is 0.737. The number of nitrogens with one attached hydrogen (secondary N) is 1. The Labute approximate surface area is 167 Å². The van der Waals surface area contributed by atoms with Crippen LogP contribution in [-0.4, -0.2) is 88.6 Å². The van der Waals surface area contributed by atoms with Gasteiger partial charge in [-0.2, -0.15) is 0 Å². The summed E-state index contributed by atoms with van der Waals surface area (Å²) in [4.78, 5) is 46.6. The number of hydrogen-bond donors (Lipinski definition) is 2. The van der Waals surface area contributed by atoms with Crippen molar-refractivity contribution >= 4 is 17.9 Å². The van der Waals surface area contributed by atoms with Crippen molar-refractivity contribution in [2.75, 3.05) is 39.3 Å². The van der Waals surface area contributed by atoms with Crippen molar-refractivity contribution < 1.29 is 24.3 Å². The quantitative estimate of drug-likeness (QED) is 0.361. The van der Waals surface area contributed by atoms with E-state index in [1.54, 1.807) is 25.7 Å². The Bertz CT molecular complexity index is 565. The normalized spacial score (nSPS) is 16.6. The zero-order chi connectivity index (χ0) is 21.5. The van der Waals surface area contributed by atoms with Gasteiger partial charge in [0, 0.05) is 44.2 Å². The average molecular weight is 399 g/mol. The van der Waals surface area contributed by atoms with E-state index in [1.165, 1.54) is 11.0 Å². The molecule has 1 rings (SSSR count). The minimum absolute atomic E-state index is 0.000241. The highest BCUT2D eigenvalue weighted by molar-refractivity contribution is 5.82. The second-order valence-corrected chi connectivity index (χ2v) is 8.16. The summed E-state index contributed by atoms with van der Waals surface area (Å²) in [6.45, 7) is 14.7. The Morgan fingerprint density at radius 2 is 1.79 bits per heavy atom. The molecule has 1 atom stereocenters. The summed E-state index contributed by atoms with van der Waals surface area (Å²) in [6.07, 6.45) is 0.413. The van der Waals surface area contributed by atoms with Gasteiger partial charge in [-0.3, -0.25) is 19.3 Å². The molecule has 0 aromatic carbocycles. The van der Waals surface area contributed by atoms with E-state index >= 15 is 0 Å². The van der Waals surface area contributed by atoms with E-state index < -0.39 is 23.6 Å². The summed E-state index contributed by atoms with van der Waals surface area (Å²) >= 11 is 0. The molecular formula is C19H34N4O5. The summed E-state index contributed by atoms with van der Waals surface area (Å²) in [7, 11) is 0. The maximum atomic E-state index is 12.7. The third-order valence-corrected chi connectivity index (χ3v) is 4.63. The molecule has 0 saturated carbocycles. The van der Waals surface area contributed by atoms with E-state index in [0.29, 0.717) is 26.2 Å². The summed E-state index contributed by atoms with van der Waals surface area (Å²) in [5.74, 6) is -0.417. The summed E-state index contributed by atoms with van der Waals surface area (Å²) in [5, 5.41) is 9.61. The zero-order valence-electron chi connectivity index (χ0n) is 17.6. The Kier molecular flexibility index (Phi) is 8.90. The van der Waals surface area contributed by atoms with Gasteiger partial charge < -0.3 is 14.9 Å². The number of amides is 3. The molecule has 3 amide bonds. The van der Waals surface area contributed by atoms with Crippen molar-refractivity contribution in [3.63, 3.8) is 0 Å². The van der Waals surface area contributed by atoms with Gasteiger partial charge in [0.05, 0.1) is 6.61 Å². The van der Waals surface area contributed by atoms with Crippen LogP contribution >= 0.6 is 0 Å². The largest absolute Gasteiger partial charge is 0.465 e. The number of carbonyl (C=O) groups is 3. The van der Waals surface area contributed by atoms with Crippen LogP contribution < -0.4 is 5.48 Å². The van der Waals surface area contributed by atoms with Crippen LogP contribution in [0.4, 0.5) is 4.79 Å². The highest BCUT2D eigenvalue weighted by atomic mass is 16.6. The van der Waals surface area contributed by atoms with Crippen molar-refractivity contribution in [1.29, 1.82) is 0 Å². The number of carbonyl (C=O) groups excluding carboxylic acids is 2. The van der Waals surface area contributed by atoms with E-state index in [1.807, 2.05) is 18.7 Å². The molecular weight excluding hydrogens is 364 g/mol. The molecule has 1 aliphatic heterocycles. The lowest BCUT2D eigenvalue weighted by molar-refractivity contribution is -0.142. The number of carboxylic acid groups (broad SMARTS) is 1. The Hall–Kier alpha value is -2.13. The van der Waals surface area contributed by atoms with Crippen molar-refractivity contribution in [1.82, 2.24) is 20.2 Å². The molecule has 0 unspecified atom stereocenters. The lowest BCUT2D eigenvalue weighted by Crippen LogP contribution is -2.61. The lowest BCUT2D eigenvalue weighted by Gasteiger charge is -2.42. The third-order valence-electron chi connectivity index (χ3n) is 4.63. The molecule has 28 heavy (non-hydrogen) atoms. The van der Waals surface area contributed by atoms with Gasteiger partial charge in [0.1, 0.15) is 6.04 Å². The molecule has 160 valence electrons. The van der Waals surface area contributed by atoms with Crippen LogP contribution in [0.25, 0.3) is 0 Å². The minimum atomic E-state index is -1.09. The maximum Gasteiger partial charge on any atom is 0.407 e. The Balaban J connectivity index is 2.92. The Morgan fingerprint density at radius 1 is 1.21 bits per heavy atom. The van der Waals surface area contributed by atoms with Crippen molar-refractivity contribution in [2.24, 2.45) is 5.92 Å². The smallest absolute Gasteiger partial charge is 0.407 e. The van der Waals surface area contributed by atoms with Gasteiger partial charge in [0.2, 0.25) is 5.91 Å². The standard InChI is InChI=1S/C19H34N4O5/c1-7-12-28-20-16(24)15(13-23(18(26)27)19(4,5)6)21-8-10-22(11-9-21)17(25)14(2)3/h7,14-15H,1,8-13H2,2-6H3,(H,20,24)(H,26,27)/t15-/m0/s1. The first-order valence-corrected chi connectivity index (χ1v) is 9.55. The van der Waals surface area contributed by atoms with Crippen molar-refractivity contribution in [3.05, 3.63) is 12.7 Å². The zero-order valence-corrected chi connectivity index (χ0v) is 17.6. The van der Waals surface area contributed by atoms with E-state index in [9.17, 15) is 19.5 Å². The van der Waals surface area contributed by atoms with Crippen molar-refractivity contribution in [3.8, 4) is 0 Å². The van der Waals surface area contributed by atoms with Gasteiger partial charge in [-0.25, -0.2) is 10.3 Å². The van der Waals surface area contributed by atoms with Crippen LogP contribution in [0.5, 0.6) is 0 Å². The van der Waals surface area contributed by atoms with E-state index in [-0.39, 0.29) is 25.0 Å². The van der Waals surface area contributed by atoms with Gasteiger partial charge in [0.25, 0.3) is 5.91 Å². The molecule has 0 radical (unpaired) electrons. The summed E-state index contributed by atoms with van der Waals surface area (Å²) in [6, 6.07) is -0.726. The average Bonchev–Trinajstić information content (AvgIpc) is 2.60. The monoisotopic (exact) mass is 398 g/mol. The van der Waals surface area contributed by atoms with Crippen LogP contribution in [0.2, 0.25) is 0 Å². The highest BCUT2D eigenvalue weighted by Crippen LogP contribution is 2.17. The first-order chi connectivity index (χ1) is 13.0. The first-order valence-electron chi connectivity index (χ1n) is 9.55. The molecule has 0 aliphatic carbocycles. The predicted octanol–water partition coefficient (Wildman–Crippen LogP) is 1.17. The molecule has 1 saturated heterocycles. The SMILES string of the molecule is C=CCONC(=O)[C@H](CN(C(=O)O)C(C)(C)C)N1CCN(C(=O)C(C)C)CC1. The second-order valence-electron chi connectivity index (χ2n) is 8.16. The molecule has 1 aliphatic rings. The van der Waals surface area contributed by atoms with Crippen molar-refractivity contribution in [2.45, 2.75) is 46.2 Å². The van der Waals surface area contributed by atoms with Crippen LogP contribution in [0.3, 0.4) is 0 Å². The molecule has 0 bridgehead atoms. The molecule has 1 heterocycles. The highest BCUT2D eigenvalue weighted by Gasteiger charge is 2.36. The van der Waals surface area contributed by atoms with E-state index in [2.05, 4.69) is 12.1 Å². The van der Waals surface area contributed by atoms with Gasteiger partial charge in [-0.1, -0.05) is 19.9 Å². The molecule has 1 fully saturated rings. The number of nitrogens with zero attached hydrogens (tertiary/aromatic N) is 3. The summed E-state index contributed by atoms with van der Waals surface area (Å²) in [5.41, 5.74) is 1.71. The van der Waals surface area contributed by atoms with Crippen LogP contribution in [0.15, 0.2) is 12.7 Å². The fourth-order valence-electron chi connectivity index (χ4n) is 3.03. The van der Waals surface area contributed by atoms with E-state index in [4.69, 9.17) is 4.84 Å².